The average molecular weight is 736 g/mol. The molecule has 3 unspecified atom stereocenters. The number of hydrogen-bond donors (Lipinski definition) is 4. The standard InChI is InChI=1S/C47H93NO4/c1-3-5-7-9-11-13-15-16-17-18-19-20-21-22-23-24-25-26-27-28-29-30-31-32-34-36-38-40-44(50)42-47(52)48-45(43-49)46(51)41-39-37-35-33-14-12-10-8-6-4-2/h22-23,44-46,49-51H,3-21,24-43H2,1-2H3,(H,48,52)/b23-22-. The third-order valence-electron chi connectivity index (χ3n) is 11.1. The second kappa shape index (κ2) is 42.8. The second-order valence-electron chi connectivity index (χ2n) is 16.4. The van der Waals surface area contributed by atoms with Gasteiger partial charge in [0.1, 0.15) is 0 Å². The molecule has 0 aliphatic carbocycles. The molecule has 0 radical (unpaired) electrons. The lowest BCUT2D eigenvalue weighted by atomic mass is 10.0. The van der Waals surface area contributed by atoms with Crippen molar-refractivity contribution in [1.29, 1.82) is 0 Å². The lowest BCUT2D eigenvalue weighted by molar-refractivity contribution is -0.125. The van der Waals surface area contributed by atoms with Gasteiger partial charge in [0.05, 0.1) is 31.3 Å². The van der Waals surface area contributed by atoms with E-state index in [0.717, 1.165) is 25.7 Å². The highest BCUT2D eigenvalue weighted by Gasteiger charge is 2.21. The van der Waals surface area contributed by atoms with Crippen molar-refractivity contribution in [2.24, 2.45) is 0 Å². The SMILES string of the molecule is CCCCCCCCCCCCCC/C=C\CCCCCCCCCCCCCC(O)CC(=O)NC(CO)C(O)CCCCCCCCCCCC. The van der Waals surface area contributed by atoms with Crippen molar-refractivity contribution < 1.29 is 20.1 Å². The Morgan fingerprint density at radius 1 is 0.462 bits per heavy atom. The summed E-state index contributed by atoms with van der Waals surface area (Å²) in [5.74, 6) is -0.282. The van der Waals surface area contributed by atoms with Crippen LogP contribution in [0.3, 0.4) is 0 Å². The van der Waals surface area contributed by atoms with Crippen molar-refractivity contribution in [3.05, 3.63) is 12.2 Å². The monoisotopic (exact) mass is 736 g/mol. The van der Waals surface area contributed by atoms with Crippen LogP contribution in [0.5, 0.6) is 0 Å². The number of amides is 1. The van der Waals surface area contributed by atoms with E-state index in [1.54, 1.807) is 0 Å². The van der Waals surface area contributed by atoms with Crippen LogP contribution >= 0.6 is 0 Å². The van der Waals surface area contributed by atoms with E-state index in [9.17, 15) is 20.1 Å². The molecule has 310 valence electrons. The molecule has 0 saturated carbocycles. The van der Waals surface area contributed by atoms with Gasteiger partial charge in [-0.1, -0.05) is 225 Å². The Kier molecular flexibility index (Phi) is 42.1. The van der Waals surface area contributed by atoms with Gasteiger partial charge in [-0.05, 0) is 38.5 Å². The minimum absolute atomic E-state index is 0.0389. The maximum atomic E-state index is 12.4. The second-order valence-corrected chi connectivity index (χ2v) is 16.4. The summed E-state index contributed by atoms with van der Waals surface area (Å²) in [6, 6.07) is -0.654. The topological polar surface area (TPSA) is 89.8 Å². The van der Waals surface area contributed by atoms with Gasteiger partial charge in [-0.15, -0.1) is 0 Å². The highest BCUT2D eigenvalue weighted by atomic mass is 16.3. The van der Waals surface area contributed by atoms with Crippen molar-refractivity contribution in [2.45, 2.75) is 276 Å². The molecule has 4 N–H and O–H groups in total. The van der Waals surface area contributed by atoms with E-state index in [-0.39, 0.29) is 18.9 Å². The highest BCUT2D eigenvalue weighted by molar-refractivity contribution is 5.76. The predicted octanol–water partition coefficient (Wildman–Crippen LogP) is 13.6. The zero-order valence-electron chi connectivity index (χ0n) is 35.2. The first-order chi connectivity index (χ1) is 25.5. The van der Waals surface area contributed by atoms with E-state index in [1.165, 1.54) is 199 Å². The number of rotatable bonds is 43. The maximum Gasteiger partial charge on any atom is 0.222 e. The smallest absolute Gasteiger partial charge is 0.222 e. The molecular formula is C47H93NO4. The predicted molar refractivity (Wildman–Crippen MR) is 227 cm³/mol. The van der Waals surface area contributed by atoms with Crippen LogP contribution in [0.15, 0.2) is 12.2 Å². The summed E-state index contributed by atoms with van der Waals surface area (Å²) in [4.78, 5) is 12.4. The van der Waals surface area contributed by atoms with E-state index in [2.05, 4.69) is 31.3 Å². The first-order valence-corrected chi connectivity index (χ1v) is 23.5. The molecule has 52 heavy (non-hydrogen) atoms. The van der Waals surface area contributed by atoms with E-state index in [4.69, 9.17) is 0 Å². The molecule has 0 spiro atoms. The summed E-state index contributed by atoms with van der Waals surface area (Å²) in [6.07, 6.45) is 50.6. The van der Waals surface area contributed by atoms with Crippen molar-refractivity contribution in [3.63, 3.8) is 0 Å². The summed E-state index contributed by atoms with van der Waals surface area (Å²) in [7, 11) is 0. The Hall–Kier alpha value is -0.910. The van der Waals surface area contributed by atoms with Gasteiger partial charge >= 0.3 is 0 Å². The zero-order valence-corrected chi connectivity index (χ0v) is 35.2. The van der Waals surface area contributed by atoms with Gasteiger partial charge in [0.25, 0.3) is 0 Å². The molecule has 0 fully saturated rings. The van der Waals surface area contributed by atoms with Crippen LogP contribution < -0.4 is 5.32 Å². The number of hydrogen-bond acceptors (Lipinski definition) is 4. The van der Waals surface area contributed by atoms with Gasteiger partial charge in [0.2, 0.25) is 5.91 Å². The number of aliphatic hydroxyl groups excluding tert-OH is 3. The quantitative estimate of drug-likeness (QED) is 0.0371. The maximum absolute atomic E-state index is 12.4. The zero-order chi connectivity index (χ0) is 38.0. The van der Waals surface area contributed by atoms with E-state index >= 15 is 0 Å². The molecule has 0 aliphatic heterocycles. The van der Waals surface area contributed by atoms with Crippen LogP contribution in [0.1, 0.15) is 258 Å². The van der Waals surface area contributed by atoms with Crippen LogP contribution in [-0.2, 0) is 4.79 Å². The first kappa shape index (κ1) is 51.1. The number of carbonyl (C=O) groups excluding carboxylic acids is 1. The fraction of sp³-hybridized carbons (Fsp3) is 0.936. The molecule has 5 heteroatoms. The minimum Gasteiger partial charge on any atom is -0.394 e. The number of aliphatic hydroxyl groups is 3. The van der Waals surface area contributed by atoms with Gasteiger partial charge in [-0.3, -0.25) is 4.79 Å². The van der Waals surface area contributed by atoms with Gasteiger partial charge in [-0.2, -0.15) is 0 Å². The van der Waals surface area contributed by atoms with E-state index < -0.39 is 18.2 Å². The van der Waals surface area contributed by atoms with E-state index in [1.807, 2.05) is 0 Å². The van der Waals surface area contributed by atoms with Crippen molar-refractivity contribution in [1.82, 2.24) is 5.32 Å². The molecule has 0 aliphatic rings. The molecule has 0 aromatic carbocycles. The van der Waals surface area contributed by atoms with Gasteiger partial charge in [0, 0.05) is 0 Å². The number of unbranched alkanes of at least 4 members (excludes halogenated alkanes) is 32. The Morgan fingerprint density at radius 3 is 1.12 bits per heavy atom. The highest BCUT2D eigenvalue weighted by Crippen LogP contribution is 2.16. The van der Waals surface area contributed by atoms with Crippen LogP contribution in [0, 0.1) is 0 Å². The first-order valence-electron chi connectivity index (χ1n) is 23.5. The van der Waals surface area contributed by atoms with Crippen LogP contribution in [0.4, 0.5) is 0 Å². The molecular weight excluding hydrogens is 643 g/mol. The molecule has 0 aromatic heterocycles. The van der Waals surface area contributed by atoms with Crippen molar-refractivity contribution in [3.8, 4) is 0 Å². The van der Waals surface area contributed by atoms with Crippen molar-refractivity contribution >= 4 is 5.91 Å². The Balaban J connectivity index is 3.50. The summed E-state index contributed by atoms with van der Waals surface area (Å²) in [6.45, 7) is 4.26. The lowest BCUT2D eigenvalue weighted by Gasteiger charge is -2.23. The van der Waals surface area contributed by atoms with Crippen LogP contribution in [0.2, 0.25) is 0 Å². The minimum atomic E-state index is -0.744. The summed E-state index contributed by atoms with van der Waals surface area (Å²) in [5, 5.41) is 33.3. The van der Waals surface area contributed by atoms with E-state index in [0.29, 0.717) is 12.8 Å². The Morgan fingerprint density at radius 2 is 0.769 bits per heavy atom. The molecule has 0 saturated heterocycles. The third kappa shape index (κ3) is 38.8. The molecule has 5 nitrogen and oxygen atoms in total. The molecule has 0 aromatic rings. The normalized spacial score (nSPS) is 13.6. The molecule has 3 atom stereocenters. The Bertz CT molecular complexity index is 728. The molecule has 0 bridgehead atoms. The van der Waals surface area contributed by atoms with Gasteiger partial charge < -0.3 is 20.6 Å². The van der Waals surface area contributed by atoms with Gasteiger partial charge in [-0.25, -0.2) is 0 Å². The molecule has 1 amide bonds. The Labute approximate surface area is 325 Å². The van der Waals surface area contributed by atoms with Gasteiger partial charge in [0.15, 0.2) is 0 Å². The lowest BCUT2D eigenvalue weighted by Crippen LogP contribution is -2.46. The average Bonchev–Trinajstić information content (AvgIpc) is 3.14. The summed E-state index contributed by atoms with van der Waals surface area (Å²) >= 11 is 0. The number of allylic oxidation sites excluding steroid dienone is 2. The summed E-state index contributed by atoms with van der Waals surface area (Å²) < 4.78 is 0. The third-order valence-corrected chi connectivity index (χ3v) is 11.1. The fourth-order valence-corrected chi connectivity index (χ4v) is 7.46. The molecule has 0 heterocycles. The van der Waals surface area contributed by atoms with Crippen LogP contribution in [0.25, 0.3) is 0 Å². The largest absolute Gasteiger partial charge is 0.394 e. The number of nitrogens with one attached hydrogen (secondary N) is 1. The van der Waals surface area contributed by atoms with Crippen molar-refractivity contribution in [2.75, 3.05) is 6.61 Å². The van der Waals surface area contributed by atoms with Crippen LogP contribution in [-0.4, -0.2) is 46.1 Å². The fourth-order valence-electron chi connectivity index (χ4n) is 7.46. The summed E-state index contributed by atoms with van der Waals surface area (Å²) in [5.41, 5.74) is 0. The molecule has 0 rings (SSSR count). The number of carbonyl (C=O) groups is 1.